The lowest BCUT2D eigenvalue weighted by Crippen LogP contribution is -2.09. The maximum Gasteiger partial charge on any atom is 0.164 e. The molecule has 0 spiro atoms. The summed E-state index contributed by atoms with van der Waals surface area (Å²) in [5.74, 6) is 1.85. The zero-order valence-corrected chi connectivity index (χ0v) is 37.1. The molecule has 0 saturated carbocycles. The summed E-state index contributed by atoms with van der Waals surface area (Å²) >= 11 is 0. The largest absolute Gasteiger partial charge is 0.311 e. The first kappa shape index (κ1) is 40.3. The van der Waals surface area contributed by atoms with Crippen LogP contribution in [0.1, 0.15) is 0 Å². The lowest BCUT2D eigenvalue weighted by atomic mass is 9.96. The number of nitrogens with zero attached hydrogens (tertiary/aromatic N) is 5. The van der Waals surface area contributed by atoms with Crippen LogP contribution in [0.5, 0.6) is 0 Å². The quantitative estimate of drug-likeness (QED) is 0.137. The molecule has 0 unspecified atom stereocenters. The molecule has 0 atom stereocenters. The van der Waals surface area contributed by atoms with E-state index in [9.17, 15) is 0 Å². The summed E-state index contributed by atoms with van der Waals surface area (Å²) in [4.78, 5) is 17.8. The van der Waals surface area contributed by atoms with E-state index in [0.29, 0.717) is 17.5 Å². The molecule has 68 heavy (non-hydrogen) atoms. The Morgan fingerprint density at radius 3 is 1.12 bits per heavy atom. The predicted octanol–water partition coefficient (Wildman–Crippen LogP) is 16.4. The molecule has 5 heteroatoms. The number of benzene rings is 10. The van der Waals surface area contributed by atoms with E-state index in [-0.39, 0.29) is 0 Å². The van der Waals surface area contributed by atoms with Crippen LogP contribution in [-0.2, 0) is 0 Å². The van der Waals surface area contributed by atoms with E-state index in [2.05, 4.69) is 234 Å². The first-order valence-corrected chi connectivity index (χ1v) is 22.9. The van der Waals surface area contributed by atoms with E-state index in [4.69, 9.17) is 15.0 Å². The second kappa shape index (κ2) is 17.7. The van der Waals surface area contributed by atoms with Crippen LogP contribution in [0.2, 0.25) is 0 Å². The first-order chi connectivity index (χ1) is 33.7. The number of aromatic nitrogens is 4. The molecule has 0 aliphatic carbocycles. The lowest BCUT2D eigenvalue weighted by Gasteiger charge is -2.26. The summed E-state index contributed by atoms with van der Waals surface area (Å²) in [5, 5.41) is 2.33. The van der Waals surface area contributed by atoms with Crippen LogP contribution in [0.15, 0.2) is 261 Å². The van der Waals surface area contributed by atoms with Crippen LogP contribution >= 0.6 is 0 Å². The molecular formula is C63H43N5. The summed E-state index contributed by atoms with van der Waals surface area (Å²) in [6, 6.07) is 91.9. The van der Waals surface area contributed by atoms with Gasteiger partial charge in [0.25, 0.3) is 0 Å². The van der Waals surface area contributed by atoms with Crippen molar-refractivity contribution in [3.63, 3.8) is 0 Å². The van der Waals surface area contributed by atoms with Gasteiger partial charge in [-0.15, -0.1) is 0 Å². The van der Waals surface area contributed by atoms with Gasteiger partial charge in [0.05, 0.1) is 11.0 Å². The van der Waals surface area contributed by atoms with Gasteiger partial charge in [0.15, 0.2) is 17.5 Å². The Hall–Kier alpha value is -9.19. The van der Waals surface area contributed by atoms with Crippen molar-refractivity contribution in [3.8, 4) is 73.2 Å². The smallest absolute Gasteiger partial charge is 0.164 e. The molecule has 2 heterocycles. The fraction of sp³-hybridized carbons (Fsp3) is 0. The van der Waals surface area contributed by atoms with Crippen LogP contribution in [0.25, 0.3) is 95.0 Å². The van der Waals surface area contributed by atoms with Crippen molar-refractivity contribution >= 4 is 38.9 Å². The zero-order valence-electron chi connectivity index (χ0n) is 37.1. The molecule has 0 aliphatic heterocycles. The fourth-order valence-electron chi connectivity index (χ4n) is 9.35. The Morgan fingerprint density at radius 2 is 0.647 bits per heavy atom. The van der Waals surface area contributed by atoms with Crippen molar-refractivity contribution in [1.82, 2.24) is 19.5 Å². The van der Waals surface area contributed by atoms with E-state index in [0.717, 1.165) is 67.0 Å². The van der Waals surface area contributed by atoms with Gasteiger partial charge < -0.3 is 9.47 Å². The standard InChI is InChI=1S/C63H43N5/c1-6-18-44(19-7-1)46-30-36-53(37-31-46)67(54-38-32-47(33-39-54)45-20-8-2-9-21-45)55-40-34-48(35-41-55)57-42-51(43-59-60(57)56-28-16-17-29-58(56)68(59)52-26-14-5-15-27-52)63-65-61(49-22-10-3-11-23-49)64-62(66-63)50-24-12-4-13-25-50/h1-43H. The highest BCUT2D eigenvalue weighted by molar-refractivity contribution is 6.17. The number of para-hydroxylation sites is 2. The minimum absolute atomic E-state index is 0.603. The summed E-state index contributed by atoms with van der Waals surface area (Å²) in [6.07, 6.45) is 0. The van der Waals surface area contributed by atoms with E-state index >= 15 is 0 Å². The third-order valence-electron chi connectivity index (χ3n) is 12.6. The molecule has 0 bridgehead atoms. The van der Waals surface area contributed by atoms with Gasteiger partial charge >= 0.3 is 0 Å². The molecule has 12 rings (SSSR count). The molecule has 0 amide bonds. The third kappa shape index (κ3) is 7.68. The molecule has 5 nitrogen and oxygen atoms in total. The second-order valence-electron chi connectivity index (χ2n) is 16.9. The van der Waals surface area contributed by atoms with Crippen LogP contribution in [0.3, 0.4) is 0 Å². The molecular weight excluding hydrogens is 827 g/mol. The van der Waals surface area contributed by atoms with E-state index in [1.54, 1.807) is 0 Å². The average Bonchev–Trinajstić information content (AvgIpc) is 3.77. The molecule has 0 fully saturated rings. The van der Waals surface area contributed by atoms with Gasteiger partial charge in [-0.3, -0.25) is 0 Å². The minimum atomic E-state index is 0.603. The molecule has 0 N–H and O–H groups in total. The fourth-order valence-corrected chi connectivity index (χ4v) is 9.35. The van der Waals surface area contributed by atoms with Gasteiger partial charge in [0, 0.05) is 50.2 Å². The van der Waals surface area contributed by atoms with Crippen molar-refractivity contribution in [3.05, 3.63) is 261 Å². The van der Waals surface area contributed by atoms with Crippen LogP contribution in [0.4, 0.5) is 17.1 Å². The summed E-state index contributed by atoms with van der Waals surface area (Å²) in [6.45, 7) is 0. The maximum atomic E-state index is 5.21. The maximum absolute atomic E-state index is 5.21. The molecule has 12 aromatic rings. The van der Waals surface area contributed by atoms with Crippen LogP contribution < -0.4 is 4.90 Å². The van der Waals surface area contributed by atoms with E-state index in [1.807, 2.05) is 36.4 Å². The summed E-state index contributed by atoms with van der Waals surface area (Å²) in [5.41, 5.74) is 16.1. The first-order valence-electron chi connectivity index (χ1n) is 22.9. The average molecular weight is 870 g/mol. The lowest BCUT2D eigenvalue weighted by molar-refractivity contribution is 1.07. The number of fused-ring (bicyclic) bond motifs is 3. The summed E-state index contributed by atoms with van der Waals surface area (Å²) < 4.78 is 2.36. The van der Waals surface area contributed by atoms with Crippen molar-refractivity contribution < 1.29 is 0 Å². The van der Waals surface area contributed by atoms with Gasteiger partial charge in [-0.05, 0) is 100 Å². The SMILES string of the molecule is c1ccc(-c2ccc(N(c3ccc(-c4ccccc4)cc3)c3ccc(-c4cc(-c5nc(-c6ccccc6)nc(-c6ccccc6)n5)cc5c4c4ccccc4n5-c4ccccc4)cc3)cc2)cc1. The Kier molecular flexibility index (Phi) is 10.5. The van der Waals surface area contributed by atoms with E-state index in [1.165, 1.54) is 27.6 Å². The highest BCUT2D eigenvalue weighted by Gasteiger charge is 2.21. The Labute approximate surface area is 395 Å². The number of hydrogen-bond acceptors (Lipinski definition) is 4. The van der Waals surface area contributed by atoms with Crippen molar-refractivity contribution in [2.24, 2.45) is 0 Å². The minimum Gasteiger partial charge on any atom is -0.311 e. The predicted molar refractivity (Wildman–Crippen MR) is 281 cm³/mol. The highest BCUT2D eigenvalue weighted by Crippen LogP contribution is 2.43. The number of rotatable bonds is 10. The van der Waals surface area contributed by atoms with Crippen LogP contribution in [-0.4, -0.2) is 19.5 Å². The Bertz CT molecular complexity index is 3530. The van der Waals surface area contributed by atoms with Crippen molar-refractivity contribution in [2.75, 3.05) is 4.90 Å². The highest BCUT2D eigenvalue weighted by atomic mass is 15.1. The van der Waals surface area contributed by atoms with Gasteiger partial charge in [0.2, 0.25) is 0 Å². The monoisotopic (exact) mass is 869 g/mol. The van der Waals surface area contributed by atoms with Crippen LogP contribution in [0, 0.1) is 0 Å². The van der Waals surface area contributed by atoms with Crippen molar-refractivity contribution in [2.45, 2.75) is 0 Å². The second-order valence-corrected chi connectivity index (χ2v) is 16.9. The van der Waals surface area contributed by atoms with Gasteiger partial charge in [-0.1, -0.05) is 194 Å². The topological polar surface area (TPSA) is 46.8 Å². The van der Waals surface area contributed by atoms with Gasteiger partial charge in [-0.25, -0.2) is 15.0 Å². The molecule has 0 saturated heterocycles. The number of hydrogen-bond donors (Lipinski definition) is 0. The molecule has 10 aromatic carbocycles. The van der Waals surface area contributed by atoms with Crippen molar-refractivity contribution in [1.29, 1.82) is 0 Å². The molecule has 0 radical (unpaired) electrons. The Balaban J connectivity index is 1.04. The van der Waals surface area contributed by atoms with Gasteiger partial charge in [-0.2, -0.15) is 0 Å². The Morgan fingerprint density at radius 1 is 0.279 bits per heavy atom. The molecule has 0 aliphatic rings. The molecule has 2 aromatic heterocycles. The normalized spacial score (nSPS) is 11.2. The number of anilines is 3. The third-order valence-corrected chi connectivity index (χ3v) is 12.6. The summed E-state index contributed by atoms with van der Waals surface area (Å²) in [7, 11) is 0. The van der Waals surface area contributed by atoms with Gasteiger partial charge in [0.1, 0.15) is 0 Å². The van der Waals surface area contributed by atoms with E-state index < -0.39 is 0 Å². The molecule has 320 valence electrons. The zero-order chi connectivity index (χ0) is 45.2.